The highest BCUT2D eigenvalue weighted by atomic mass is 32.1. The summed E-state index contributed by atoms with van der Waals surface area (Å²) >= 11 is 1.64. The highest BCUT2D eigenvalue weighted by Crippen LogP contribution is 2.29. The molecule has 0 aliphatic rings. The topological polar surface area (TPSA) is 59.9 Å². The van der Waals surface area contributed by atoms with Gasteiger partial charge in [-0.2, -0.15) is 0 Å². The third kappa shape index (κ3) is 3.32. The number of hydrogen-bond donors (Lipinski definition) is 1. The van der Waals surface area contributed by atoms with Crippen molar-refractivity contribution in [3.8, 4) is 11.5 Å². The zero-order chi connectivity index (χ0) is 14.8. The number of hydrogen-bond acceptors (Lipinski definition) is 6. The van der Waals surface area contributed by atoms with Crippen molar-refractivity contribution in [3.63, 3.8) is 0 Å². The SMILES string of the molecule is CNc1cc(COC)nc(-c2csc(C(C)(C)C)n2)n1. The second kappa shape index (κ2) is 5.85. The van der Waals surface area contributed by atoms with Crippen molar-refractivity contribution in [2.45, 2.75) is 32.8 Å². The molecule has 0 fully saturated rings. The van der Waals surface area contributed by atoms with Gasteiger partial charge >= 0.3 is 0 Å². The Morgan fingerprint density at radius 3 is 2.55 bits per heavy atom. The van der Waals surface area contributed by atoms with E-state index in [-0.39, 0.29) is 5.41 Å². The molecule has 0 spiro atoms. The number of nitrogens with one attached hydrogen (secondary N) is 1. The first-order valence-corrected chi connectivity index (χ1v) is 7.33. The van der Waals surface area contributed by atoms with Crippen LogP contribution in [-0.2, 0) is 16.8 Å². The molecule has 0 aromatic carbocycles. The Hall–Kier alpha value is -1.53. The molecule has 0 aliphatic carbocycles. The number of nitrogens with zero attached hydrogens (tertiary/aromatic N) is 3. The van der Waals surface area contributed by atoms with E-state index in [4.69, 9.17) is 4.74 Å². The molecular formula is C14H20N4OS. The fraction of sp³-hybridized carbons (Fsp3) is 0.500. The number of rotatable bonds is 4. The summed E-state index contributed by atoms with van der Waals surface area (Å²) in [6.45, 7) is 6.91. The van der Waals surface area contributed by atoms with E-state index < -0.39 is 0 Å². The molecule has 5 nitrogen and oxygen atoms in total. The second-order valence-electron chi connectivity index (χ2n) is 5.54. The molecule has 2 aromatic rings. The van der Waals surface area contributed by atoms with Crippen molar-refractivity contribution in [2.24, 2.45) is 0 Å². The highest BCUT2D eigenvalue weighted by molar-refractivity contribution is 7.10. The van der Waals surface area contributed by atoms with Crippen LogP contribution >= 0.6 is 11.3 Å². The Labute approximate surface area is 123 Å². The Kier molecular flexibility index (Phi) is 4.35. The van der Waals surface area contributed by atoms with E-state index >= 15 is 0 Å². The lowest BCUT2D eigenvalue weighted by Crippen LogP contribution is -2.10. The molecule has 2 rings (SSSR count). The summed E-state index contributed by atoms with van der Waals surface area (Å²) in [5.41, 5.74) is 1.69. The van der Waals surface area contributed by atoms with E-state index in [9.17, 15) is 0 Å². The number of aromatic nitrogens is 3. The molecule has 0 aliphatic heterocycles. The maximum Gasteiger partial charge on any atom is 0.181 e. The summed E-state index contributed by atoms with van der Waals surface area (Å²) in [6, 6.07) is 1.88. The molecule has 0 amide bonds. The van der Waals surface area contributed by atoms with Gasteiger partial charge in [-0.15, -0.1) is 11.3 Å². The van der Waals surface area contributed by atoms with E-state index in [1.807, 2.05) is 18.5 Å². The van der Waals surface area contributed by atoms with E-state index in [0.717, 1.165) is 22.2 Å². The van der Waals surface area contributed by atoms with E-state index in [1.54, 1.807) is 18.4 Å². The summed E-state index contributed by atoms with van der Waals surface area (Å²) in [5, 5.41) is 6.13. The van der Waals surface area contributed by atoms with Gasteiger partial charge in [0.1, 0.15) is 11.5 Å². The molecule has 0 saturated heterocycles. The summed E-state index contributed by atoms with van der Waals surface area (Å²) in [6.07, 6.45) is 0. The van der Waals surface area contributed by atoms with Crippen molar-refractivity contribution in [2.75, 3.05) is 19.5 Å². The van der Waals surface area contributed by atoms with Crippen LogP contribution < -0.4 is 5.32 Å². The van der Waals surface area contributed by atoms with Gasteiger partial charge in [-0.25, -0.2) is 15.0 Å². The Balaban J connectivity index is 2.41. The fourth-order valence-corrected chi connectivity index (χ4v) is 2.57. The third-order valence-electron chi connectivity index (χ3n) is 2.70. The maximum absolute atomic E-state index is 5.14. The Bertz CT molecular complexity index is 589. The van der Waals surface area contributed by atoms with Crippen molar-refractivity contribution in [3.05, 3.63) is 22.1 Å². The fourth-order valence-electron chi connectivity index (χ4n) is 1.68. The van der Waals surface area contributed by atoms with Gasteiger partial charge < -0.3 is 10.1 Å². The minimum atomic E-state index is 0.0406. The van der Waals surface area contributed by atoms with Crippen LogP contribution in [0.25, 0.3) is 11.5 Å². The molecule has 6 heteroatoms. The van der Waals surface area contributed by atoms with Crippen LogP contribution in [0.15, 0.2) is 11.4 Å². The van der Waals surface area contributed by atoms with E-state index in [2.05, 4.69) is 41.0 Å². The maximum atomic E-state index is 5.14. The Morgan fingerprint density at radius 1 is 1.25 bits per heavy atom. The normalized spacial score (nSPS) is 11.7. The lowest BCUT2D eigenvalue weighted by Gasteiger charge is -2.13. The predicted molar refractivity (Wildman–Crippen MR) is 82.1 cm³/mol. The van der Waals surface area contributed by atoms with Gasteiger partial charge in [0.2, 0.25) is 0 Å². The van der Waals surface area contributed by atoms with Crippen LogP contribution in [0.5, 0.6) is 0 Å². The molecule has 1 N–H and O–H groups in total. The zero-order valence-electron chi connectivity index (χ0n) is 12.5. The summed E-state index contributed by atoms with van der Waals surface area (Å²) < 4.78 is 5.14. The predicted octanol–water partition coefficient (Wildman–Crippen LogP) is 3.09. The van der Waals surface area contributed by atoms with Gasteiger partial charge in [-0.05, 0) is 0 Å². The summed E-state index contributed by atoms with van der Waals surface area (Å²) in [7, 11) is 3.49. The molecule has 0 unspecified atom stereocenters. The molecule has 2 aromatic heterocycles. The van der Waals surface area contributed by atoms with Crippen molar-refractivity contribution in [1.82, 2.24) is 15.0 Å². The molecule has 20 heavy (non-hydrogen) atoms. The smallest absolute Gasteiger partial charge is 0.181 e. The van der Waals surface area contributed by atoms with Crippen LogP contribution in [0.1, 0.15) is 31.5 Å². The minimum absolute atomic E-state index is 0.0406. The monoisotopic (exact) mass is 292 g/mol. The van der Waals surface area contributed by atoms with Crippen LogP contribution in [-0.4, -0.2) is 29.1 Å². The molecule has 2 heterocycles. The van der Waals surface area contributed by atoms with Gasteiger partial charge in [0, 0.05) is 31.0 Å². The summed E-state index contributed by atoms with van der Waals surface area (Å²) in [4.78, 5) is 13.6. The first-order valence-electron chi connectivity index (χ1n) is 6.45. The lowest BCUT2D eigenvalue weighted by atomic mass is 9.98. The minimum Gasteiger partial charge on any atom is -0.378 e. The number of anilines is 1. The van der Waals surface area contributed by atoms with Gasteiger partial charge in [0.05, 0.1) is 17.3 Å². The molecule has 108 valence electrons. The third-order valence-corrected chi connectivity index (χ3v) is 3.97. The van der Waals surface area contributed by atoms with Crippen LogP contribution in [0.4, 0.5) is 5.82 Å². The van der Waals surface area contributed by atoms with Crippen LogP contribution in [0.3, 0.4) is 0 Å². The van der Waals surface area contributed by atoms with Gasteiger partial charge in [0.25, 0.3) is 0 Å². The van der Waals surface area contributed by atoms with Crippen molar-refractivity contribution < 1.29 is 4.74 Å². The van der Waals surface area contributed by atoms with Crippen LogP contribution in [0, 0.1) is 0 Å². The second-order valence-corrected chi connectivity index (χ2v) is 6.40. The first kappa shape index (κ1) is 14.9. The van der Waals surface area contributed by atoms with Gasteiger partial charge in [-0.1, -0.05) is 20.8 Å². The first-order chi connectivity index (χ1) is 9.44. The molecular weight excluding hydrogens is 272 g/mol. The van der Waals surface area contributed by atoms with E-state index in [1.165, 1.54) is 0 Å². The van der Waals surface area contributed by atoms with Crippen molar-refractivity contribution >= 4 is 17.2 Å². The molecule has 0 atom stereocenters. The summed E-state index contributed by atoms with van der Waals surface area (Å²) in [5.74, 6) is 1.41. The highest BCUT2D eigenvalue weighted by Gasteiger charge is 2.19. The zero-order valence-corrected chi connectivity index (χ0v) is 13.3. The van der Waals surface area contributed by atoms with Crippen molar-refractivity contribution in [1.29, 1.82) is 0 Å². The average molecular weight is 292 g/mol. The number of ether oxygens (including phenoxy) is 1. The Morgan fingerprint density at radius 2 is 2.00 bits per heavy atom. The largest absolute Gasteiger partial charge is 0.378 e. The van der Waals surface area contributed by atoms with Crippen LogP contribution in [0.2, 0.25) is 0 Å². The van der Waals surface area contributed by atoms with Gasteiger partial charge in [0.15, 0.2) is 5.82 Å². The number of methoxy groups -OCH3 is 1. The lowest BCUT2D eigenvalue weighted by molar-refractivity contribution is 0.181. The quantitative estimate of drug-likeness (QED) is 0.938. The average Bonchev–Trinajstić information content (AvgIpc) is 2.88. The molecule has 0 saturated carbocycles. The molecule has 0 radical (unpaired) electrons. The standard InChI is InChI=1S/C14H20N4OS/c1-14(2,3)13-17-10(8-20-13)12-16-9(7-19-5)6-11(15-4)18-12/h6,8H,7H2,1-5H3,(H,15,16,18). The number of thiazole rings is 1. The van der Waals surface area contributed by atoms with E-state index in [0.29, 0.717) is 12.4 Å². The van der Waals surface area contributed by atoms with Gasteiger partial charge in [-0.3, -0.25) is 0 Å². The molecule has 0 bridgehead atoms.